The highest BCUT2D eigenvalue weighted by molar-refractivity contribution is 5.93. The normalized spacial score (nSPS) is 17.3. The minimum atomic E-state index is -0.0119. The van der Waals surface area contributed by atoms with E-state index in [0.29, 0.717) is 19.0 Å². The Kier molecular flexibility index (Phi) is 7.60. The van der Waals surface area contributed by atoms with Crippen molar-refractivity contribution in [3.05, 3.63) is 78.5 Å². The van der Waals surface area contributed by atoms with E-state index < -0.39 is 0 Å². The summed E-state index contributed by atoms with van der Waals surface area (Å²) in [6.07, 6.45) is 11.6. The summed E-state index contributed by atoms with van der Waals surface area (Å²) in [6.45, 7) is 3.03. The third-order valence-electron chi connectivity index (χ3n) is 7.29. The Morgan fingerprint density at radius 2 is 1.42 bits per heavy atom. The van der Waals surface area contributed by atoms with Crippen molar-refractivity contribution >= 4 is 17.9 Å². The number of aromatic nitrogens is 2. The molecule has 2 aliphatic heterocycles. The quantitative estimate of drug-likeness (QED) is 0.470. The monoisotopic (exact) mass is 482 g/mol. The van der Waals surface area contributed by atoms with Crippen molar-refractivity contribution in [2.45, 2.75) is 38.5 Å². The Morgan fingerprint density at radius 3 is 2.08 bits per heavy atom. The van der Waals surface area contributed by atoms with E-state index in [1.807, 2.05) is 82.5 Å². The molecule has 2 saturated heterocycles. The SMILES string of the molecule is O=C(/C=C/c1cn(-c2ccccc2)nc1-c1ccccc1)N1CCC(C(=O)N2CCCCCC2)CC1. The molecule has 2 aromatic carbocycles. The van der Waals surface area contributed by atoms with Gasteiger partial charge in [0.25, 0.3) is 0 Å². The smallest absolute Gasteiger partial charge is 0.246 e. The summed E-state index contributed by atoms with van der Waals surface area (Å²) in [7, 11) is 0. The number of likely N-dealkylation sites (tertiary alicyclic amines) is 2. The van der Waals surface area contributed by atoms with Gasteiger partial charge < -0.3 is 9.80 Å². The van der Waals surface area contributed by atoms with Gasteiger partial charge in [0.1, 0.15) is 0 Å². The molecule has 1 aromatic heterocycles. The maximum Gasteiger partial charge on any atom is 0.246 e. The van der Waals surface area contributed by atoms with Crippen molar-refractivity contribution in [1.29, 1.82) is 0 Å². The zero-order valence-corrected chi connectivity index (χ0v) is 20.8. The molecule has 0 aliphatic carbocycles. The lowest BCUT2D eigenvalue weighted by molar-refractivity contribution is -0.139. The summed E-state index contributed by atoms with van der Waals surface area (Å²) in [6, 6.07) is 20.0. The summed E-state index contributed by atoms with van der Waals surface area (Å²) in [4.78, 5) is 29.9. The Balaban J connectivity index is 1.26. The molecule has 0 unspecified atom stereocenters. The lowest BCUT2D eigenvalue weighted by Crippen LogP contribution is -2.44. The van der Waals surface area contributed by atoms with Gasteiger partial charge in [-0.25, -0.2) is 4.68 Å². The van der Waals surface area contributed by atoms with E-state index in [0.717, 1.165) is 61.3 Å². The van der Waals surface area contributed by atoms with E-state index in [2.05, 4.69) is 4.90 Å². The molecule has 0 N–H and O–H groups in total. The molecule has 2 fully saturated rings. The molecular formula is C30H34N4O2. The van der Waals surface area contributed by atoms with Crippen LogP contribution in [0.4, 0.5) is 0 Å². The molecule has 3 heterocycles. The number of nitrogens with zero attached hydrogens (tertiary/aromatic N) is 4. The Hall–Kier alpha value is -3.67. The topological polar surface area (TPSA) is 58.4 Å². The molecule has 0 atom stereocenters. The van der Waals surface area contributed by atoms with Crippen LogP contribution >= 0.6 is 0 Å². The molecular weight excluding hydrogens is 448 g/mol. The number of para-hydroxylation sites is 1. The second kappa shape index (κ2) is 11.4. The third-order valence-corrected chi connectivity index (χ3v) is 7.29. The van der Waals surface area contributed by atoms with Crippen LogP contribution in [0.2, 0.25) is 0 Å². The summed E-state index contributed by atoms with van der Waals surface area (Å²) in [5.74, 6) is 0.326. The predicted molar refractivity (Wildman–Crippen MR) is 142 cm³/mol. The van der Waals surface area contributed by atoms with Gasteiger partial charge in [0.2, 0.25) is 11.8 Å². The van der Waals surface area contributed by atoms with Crippen LogP contribution in [0.5, 0.6) is 0 Å². The minimum Gasteiger partial charge on any atom is -0.342 e. The average Bonchev–Trinajstić information content (AvgIpc) is 3.18. The van der Waals surface area contributed by atoms with Crippen LogP contribution < -0.4 is 0 Å². The second-order valence-corrected chi connectivity index (χ2v) is 9.75. The molecule has 0 spiro atoms. The van der Waals surface area contributed by atoms with Gasteiger partial charge >= 0.3 is 0 Å². The van der Waals surface area contributed by atoms with E-state index >= 15 is 0 Å². The Morgan fingerprint density at radius 1 is 0.778 bits per heavy atom. The van der Waals surface area contributed by atoms with Crippen molar-refractivity contribution in [3.63, 3.8) is 0 Å². The van der Waals surface area contributed by atoms with Gasteiger partial charge in [-0.05, 0) is 43.9 Å². The van der Waals surface area contributed by atoms with E-state index in [1.165, 1.54) is 12.8 Å². The number of rotatable bonds is 5. The number of hydrogen-bond acceptors (Lipinski definition) is 3. The first-order chi connectivity index (χ1) is 17.7. The molecule has 36 heavy (non-hydrogen) atoms. The Labute approximate surface area is 213 Å². The van der Waals surface area contributed by atoms with Crippen LogP contribution in [0.25, 0.3) is 23.0 Å². The van der Waals surface area contributed by atoms with Crippen molar-refractivity contribution in [2.24, 2.45) is 5.92 Å². The maximum atomic E-state index is 13.0. The second-order valence-electron chi connectivity index (χ2n) is 9.75. The highest BCUT2D eigenvalue weighted by atomic mass is 16.2. The number of hydrogen-bond donors (Lipinski definition) is 0. The highest BCUT2D eigenvalue weighted by Gasteiger charge is 2.30. The number of benzene rings is 2. The third kappa shape index (κ3) is 5.59. The molecule has 2 amide bonds. The van der Waals surface area contributed by atoms with Gasteiger partial charge in [-0.3, -0.25) is 9.59 Å². The molecule has 3 aromatic rings. The minimum absolute atomic E-state index is 0.0119. The fourth-order valence-corrected chi connectivity index (χ4v) is 5.21. The Bertz CT molecular complexity index is 1190. The van der Waals surface area contributed by atoms with Crippen LogP contribution in [-0.2, 0) is 9.59 Å². The molecule has 0 saturated carbocycles. The standard InChI is InChI=1S/C30H34N4O2/c35-28(32-21-17-25(18-22-32)30(36)33-19-9-1-2-10-20-33)16-15-26-23-34(27-13-7-4-8-14-27)31-29(26)24-11-5-3-6-12-24/h3-8,11-16,23,25H,1-2,9-10,17-22H2/b16-15+. The zero-order chi connectivity index (χ0) is 24.7. The van der Waals surface area contributed by atoms with Crippen LogP contribution in [0.1, 0.15) is 44.1 Å². The molecule has 6 heteroatoms. The first-order valence-electron chi connectivity index (χ1n) is 13.2. The molecule has 0 bridgehead atoms. The largest absolute Gasteiger partial charge is 0.342 e. The number of amides is 2. The van der Waals surface area contributed by atoms with E-state index in [9.17, 15) is 9.59 Å². The first kappa shape index (κ1) is 24.0. The number of piperidine rings is 1. The lowest BCUT2D eigenvalue weighted by Gasteiger charge is -2.33. The van der Waals surface area contributed by atoms with Gasteiger partial charge in [0.05, 0.1) is 11.4 Å². The summed E-state index contributed by atoms with van der Waals surface area (Å²) in [5.41, 5.74) is 3.71. The number of carbonyl (C=O) groups excluding carboxylic acids is 2. The van der Waals surface area contributed by atoms with Gasteiger partial charge in [-0.15, -0.1) is 0 Å². The van der Waals surface area contributed by atoms with Crippen molar-refractivity contribution in [3.8, 4) is 16.9 Å². The van der Waals surface area contributed by atoms with Gasteiger partial charge in [0, 0.05) is 55.5 Å². The summed E-state index contributed by atoms with van der Waals surface area (Å²) < 4.78 is 1.85. The highest BCUT2D eigenvalue weighted by Crippen LogP contribution is 2.26. The van der Waals surface area contributed by atoms with Gasteiger partial charge in [0.15, 0.2) is 0 Å². The van der Waals surface area contributed by atoms with E-state index in [4.69, 9.17) is 5.10 Å². The van der Waals surface area contributed by atoms with Crippen molar-refractivity contribution in [1.82, 2.24) is 19.6 Å². The molecule has 186 valence electrons. The molecule has 0 radical (unpaired) electrons. The fraction of sp³-hybridized carbons (Fsp3) is 0.367. The summed E-state index contributed by atoms with van der Waals surface area (Å²) >= 11 is 0. The molecule has 6 nitrogen and oxygen atoms in total. The maximum absolute atomic E-state index is 13.0. The molecule has 2 aliphatic rings. The fourth-order valence-electron chi connectivity index (χ4n) is 5.21. The molecule has 5 rings (SSSR count). The van der Waals surface area contributed by atoms with Crippen LogP contribution in [0.15, 0.2) is 72.9 Å². The van der Waals surface area contributed by atoms with Crippen LogP contribution in [0, 0.1) is 5.92 Å². The number of carbonyl (C=O) groups is 2. The summed E-state index contributed by atoms with van der Waals surface area (Å²) in [5, 5.41) is 4.82. The van der Waals surface area contributed by atoms with Gasteiger partial charge in [-0.1, -0.05) is 61.4 Å². The van der Waals surface area contributed by atoms with Gasteiger partial charge in [-0.2, -0.15) is 5.10 Å². The lowest BCUT2D eigenvalue weighted by atomic mass is 9.95. The van der Waals surface area contributed by atoms with Crippen molar-refractivity contribution < 1.29 is 9.59 Å². The van der Waals surface area contributed by atoms with Crippen LogP contribution in [0.3, 0.4) is 0 Å². The van der Waals surface area contributed by atoms with E-state index in [1.54, 1.807) is 6.08 Å². The van der Waals surface area contributed by atoms with Crippen LogP contribution in [-0.4, -0.2) is 57.6 Å². The predicted octanol–water partition coefficient (Wildman–Crippen LogP) is 5.19. The average molecular weight is 483 g/mol. The van der Waals surface area contributed by atoms with E-state index in [-0.39, 0.29) is 11.8 Å². The first-order valence-corrected chi connectivity index (χ1v) is 13.2. The van der Waals surface area contributed by atoms with Crippen molar-refractivity contribution in [2.75, 3.05) is 26.2 Å². The zero-order valence-electron chi connectivity index (χ0n) is 20.8.